The van der Waals surface area contributed by atoms with Gasteiger partial charge in [0.25, 0.3) is 0 Å². The molecule has 0 unspecified atom stereocenters. The van der Waals surface area contributed by atoms with Gasteiger partial charge in [-0.3, -0.25) is 0 Å². The predicted molar refractivity (Wildman–Crippen MR) is 121 cm³/mol. The van der Waals surface area contributed by atoms with Gasteiger partial charge in [-0.05, 0) is 37.1 Å². The van der Waals surface area contributed by atoms with E-state index in [0.29, 0.717) is 36.6 Å². The van der Waals surface area contributed by atoms with E-state index in [2.05, 4.69) is 4.72 Å². The number of nitrogens with zero attached hydrogens (tertiary/aromatic N) is 1. The van der Waals surface area contributed by atoms with E-state index in [0.717, 1.165) is 0 Å². The van der Waals surface area contributed by atoms with E-state index in [4.69, 9.17) is 18.9 Å². The van der Waals surface area contributed by atoms with Crippen molar-refractivity contribution in [2.45, 2.75) is 28.7 Å². The number of nitrogens with one attached hydrogen (secondary N) is 1. The summed E-state index contributed by atoms with van der Waals surface area (Å²) in [6.07, 6.45) is 1.15. The molecule has 2 aromatic rings. The van der Waals surface area contributed by atoms with Crippen molar-refractivity contribution in [3.8, 4) is 23.0 Å². The van der Waals surface area contributed by atoms with Crippen LogP contribution in [0.5, 0.6) is 23.0 Å². The number of hydrogen-bond donors (Lipinski definition) is 1. The Bertz CT molecular complexity index is 1200. The number of sulfonamides is 2. The highest BCUT2D eigenvalue weighted by Gasteiger charge is 2.36. The number of ether oxygens (including phenoxy) is 4. The second-order valence-electron chi connectivity index (χ2n) is 7.30. The molecule has 10 nitrogen and oxygen atoms in total. The van der Waals surface area contributed by atoms with Crippen LogP contribution >= 0.6 is 0 Å². The minimum absolute atomic E-state index is 0.00700. The second-order valence-corrected chi connectivity index (χ2v) is 11.0. The van der Waals surface area contributed by atoms with Crippen molar-refractivity contribution in [3.05, 3.63) is 36.4 Å². The fourth-order valence-corrected chi connectivity index (χ4v) is 6.51. The van der Waals surface area contributed by atoms with E-state index in [-0.39, 0.29) is 22.1 Å². The third-order valence-corrected chi connectivity index (χ3v) is 8.83. The van der Waals surface area contributed by atoms with Crippen molar-refractivity contribution in [2.75, 3.05) is 41.5 Å². The molecule has 1 aliphatic heterocycles. The SMILES string of the molecule is COc1ccc(S(=O)(=O)NC[C@H]2CCCN2S(=O)(=O)c2ccc(OC)c(OC)c2)cc1OC. The molecule has 33 heavy (non-hydrogen) atoms. The summed E-state index contributed by atoms with van der Waals surface area (Å²) in [6, 6.07) is 8.09. The van der Waals surface area contributed by atoms with E-state index in [1.807, 2.05) is 0 Å². The van der Waals surface area contributed by atoms with E-state index >= 15 is 0 Å². The largest absolute Gasteiger partial charge is 0.493 e. The van der Waals surface area contributed by atoms with Gasteiger partial charge in [-0.2, -0.15) is 4.31 Å². The predicted octanol–water partition coefficient (Wildman–Crippen LogP) is 1.85. The summed E-state index contributed by atoms with van der Waals surface area (Å²) in [4.78, 5) is 0.0437. The first kappa shape index (κ1) is 25.1. The van der Waals surface area contributed by atoms with Gasteiger partial charge in [-0.1, -0.05) is 0 Å². The smallest absolute Gasteiger partial charge is 0.243 e. The van der Waals surface area contributed by atoms with Gasteiger partial charge in [0, 0.05) is 31.3 Å². The topological polar surface area (TPSA) is 120 Å². The summed E-state index contributed by atoms with van der Waals surface area (Å²) in [5.41, 5.74) is 0. The number of methoxy groups -OCH3 is 4. The zero-order valence-corrected chi connectivity index (χ0v) is 20.5. The molecule has 0 saturated carbocycles. The van der Waals surface area contributed by atoms with E-state index in [1.54, 1.807) is 0 Å². The minimum atomic E-state index is -3.90. The molecule has 0 radical (unpaired) electrons. The van der Waals surface area contributed by atoms with E-state index in [9.17, 15) is 16.8 Å². The second kappa shape index (κ2) is 10.2. The molecule has 0 aromatic heterocycles. The van der Waals surface area contributed by atoms with Crippen molar-refractivity contribution in [1.82, 2.24) is 9.03 Å². The van der Waals surface area contributed by atoms with Crippen LogP contribution in [0.25, 0.3) is 0 Å². The van der Waals surface area contributed by atoms with Crippen molar-refractivity contribution < 1.29 is 35.8 Å². The lowest BCUT2D eigenvalue weighted by molar-refractivity contribution is 0.353. The third kappa shape index (κ3) is 5.18. The molecule has 0 aliphatic carbocycles. The summed E-state index contributed by atoms with van der Waals surface area (Å²) >= 11 is 0. The maximum atomic E-state index is 13.3. The van der Waals surface area contributed by atoms with Crippen molar-refractivity contribution in [3.63, 3.8) is 0 Å². The molecule has 3 rings (SSSR count). The number of rotatable bonds is 10. The standard InChI is InChI=1S/C21H28N2O8S2/c1-28-18-9-7-16(12-20(18)30-3)32(24,25)22-14-15-6-5-11-23(15)33(26,27)17-8-10-19(29-2)21(13-17)31-4/h7-10,12-13,15,22H,5-6,11,14H2,1-4H3/t15-/m1/s1. The number of hydrogen-bond acceptors (Lipinski definition) is 8. The molecule has 12 heteroatoms. The average Bonchev–Trinajstić information content (AvgIpc) is 3.31. The maximum absolute atomic E-state index is 13.3. The van der Waals surface area contributed by atoms with Crippen LogP contribution < -0.4 is 23.7 Å². The van der Waals surface area contributed by atoms with Gasteiger partial charge >= 0.3 is 0 Å². The highest BCUT2D eigenvalue weighted by molar-refractivity contribution is 7.89. The molecule has 0 bridgehead atoms. The first-order chi connectivity index (χ1) is 15.7. The average molecular weight is 501 g/mol. The van der Waals surface area contributed by atoms with Crippen LogP contribution in [0.1, 0.15) is 12.8 Å². The molecule has 1 saturated heterocycles. The van der Waals surface area contributed by atoms with Gasteiger partial charge in [0.05, 0.1) is 38.2 Å². The Kier molecular flexibility index (Phi) is 7.73. The van der Waals surface area contributed by atoms with Crippen LogP contribution in [-0.2, 0) is 20.0 Å². The lowest BCUT2D eigenvalue weighted by atomic mass is 10.2. The highest BCUT2D eigenvalue weighted by atomic mass is 32.2. The van der Waals surface area contributed by atoms with Crippen molar-refractivity contribution in [2.24, 2.45) is 0 Å². The molecular formula is C21H28N2O8S2. The van der Waals surface area contributed by atoms with Gasteiger partial charge in [0.1, 0.15) is 0 Å². The normalized spacial score (nSPS) is 17.0. The Morgan fingerprint density at radius 3 is 1.88 bits per heavy atom. The van der Waals surface area contributed by atoms with Gasteiger partial charge in [0.15, 0.2) is 23.0 Å². The van der Waals surface area contributed by atoms with Crippen molar-refractivity contribution >= 4 is 20.0 Å². The van der Waals surface area contributed by atoms with Gasteiger partial charge in [0.2, 0.25) is 20.0 Å². The van der Waals surface area contributed by atoms with Crippen molar-refractivity contribution in [1.29, 1.82) is 0 Å². The van der Waals surface area contributed by atoms with Gasteiger partial charge < -0.3 is 18.9 Å². The Hall–Kier alpha value is -2.54. The molecule has 1 fully saturated rings. The molecule has 0 spiro atoms. The molecule has 1 N–H and O–H groups in total. The fraction of sp³-hybridized carbons (Fsp3) is 0.429. The first-order valence-corrected chi connectivity index (χ1v) is 13.1. The fourth-order valence-electron chi connectivity index (χ4n) is 3.71. The lowest BCUT2D eigenvalue weighted by Gasteiger charge is -2.24. The van der Waals surface area contributed by atoms with Crippen LogP contribution in [-0.4, -0.2) is 68.7 Å². The maximum Gasteiger partial charge on any atom is 0.243 e. The van der Waals surface area contributed by atoms with Crippen LogP contribution in [0, 0.1) is 0 Å². The third-order valence-electron chi connectivity index (χ3n) is 5.46. The summed E-state index contributed by atoms with van der Waals surface area (Å²) in [7, 11) is -2.01. The van der Waals surface area contributed by atoms with Crippen LogP contribution in [0.15, 0.2) is 46.2 Å². The van der Waals surface area contributed by atoms with Gasteiger partial charge in [-0.25, -0.2) is 21.6 Å². The summed E-state index contributed by atoms with van der Waals surface area (Å²) in [5, 5.41) is 0. The van der Waals surface area contributed by atoms with Crippen LogP contribution in [0.4, 0.5) is 0 Å². The lowest BCUT2D eigenvalue weighted by Crippen LogP contribution is -2.43. The van der Waals surface area contributed by atoms with Crippen LogP contribution in [0.2, 0.25) is 0 Å². The van der Waals surface area contributed by atoms with Gasteiger partial charge in [-0.15, -0.1) is 0 Å². The summed E-state index contributed by atoms with van der Waals surface area (Å²) < 4.78 is 76.8. The Labute approximate surface area is 194 Å². The molecule has 1 heterocycles. The summed E-state index contributed by atoms with van der Waals surface area (Å²) in [6.45, 7) is 0.225. The Morgan fingerprint density at radius 1 is 0.818 bits per heavy atom. The molecule has 2 aromatic carbocycles. The molecule has 182 valence electrons. The molecule has 0 amide bonds. The Morgan fingerprint density at radius 2 is 1.33 bits per heavy atom. The first-order valence-electron chi connectivity index (χ1n) is 10.1. The molecule has 1 atom stereocenters. The zero-order chi connectivity index (χ0) is 24.2. The molecule has 1 aliphatic rings. The highest BCUT2D eigenvalue weighted by Crippen LogP contribution is 2.33. The molecular weight excluding hydrogens is 472 g/mol. The minimum Gasteiger partial charge on any atom is -0.493 e. The number of benzene rings is 2. The Balaban J connectivity index is 1.79. The van der Waals surface area contributed by atoms with Crippen LogP contribution in [0.3, 0.4) is 0 Å². The van der Waals surface area contributed by atoms with E-state index < -0.39 is 26.1 Å². The summed E-state index contributed by atoms with van der Waals surface area (Å²) in [5.74, 6) is 1.39. The van der Waals surface area contributed by atoms with E-state index in [1.165, 1.54) is 69.1 Å². The zero-order valence-electron chi connectivity index (χ0n) is 18.9. The monoisotopic (exact) mass is 500 g/mol. The quantitative estimate of drug-likeness (QED) is 0.525.